The van der Waals surface area contributed by atoms with Crippen molar-refractivity contribution in [3.05, 3.63) is 58.7 Å². The highest BCUT2D eigenvalue weighted by Gasteiger charge is 2.18. The standard InChI is InChI=1S/C15H14O2/c16-8-10-1-3-14-12(5-10)7-13-6-11(9-17)2-4-15(13)14/h1-6,16-17H,7-9H2. The molecule has 2 heteroatoms. The second kappa shape index (κ2) is 3.99. The predicted octanol–water partition coefficient (Wildman–Crippen LogP) is 2.24. The molecule has 2 N–H and O–H groups in total. The zero-order chi connectivity index (χ0) is 11.8. The van der Waals surface area contributed by atoms with Crippen LogP contribution in [0.1, 0.15) is 22.3 Å². The van der Waals surface area contributed by atoms with Crippen molar-refractivity contribution in [2.24, 2.45) is 0 Å². The van der Waals surface area contributed by atoms with Crippen LogP contribution in [0.15, 0.2) is 36.4 Å². The highest BCUT2D eigenvalue weighted by atomic mass is 16.3. The first-order chi connectivity index (χ1) is 8.31. The van der Waals surface area contributed by atoms with Crippen molar-refractivity contribution in [3.63, 3.8) is 0 Å². The fraction of sp³-hybridized carbons (Fsp3) is 0.200. The lowest BCUT2D eigenvalue weighted by atomic mass is 10.0. The van der Waals surface area contributed by atoms with E-state index in [0.29, 0.717) is 0 Å². The number of aliphatic hydroxyl groups is 2. The third-order valence-corrected chi connectivity index (χ3v) is 3.38. The molecule has 0 unspecified atom stereocenters. The second-order valence-electron chi connectivity index (χ2n) is 4.48. The second-order valence-corrected chi connectivity index (χ2v) is 4.48. The Morgan fingerprint density at radius 3 is 1.65 bits per heavy atom. The maximum atomic E-state index is 9.13. The molecule has 0 aliphatic heterocycles. The quantitative estimate of drug-likeness (QED) is 0.703. The third kappa shape index (κ3) is 1.66. The summed E-state index contributed by atoms with van der Waals surface area (Å²) in [6.07, 6.45) is 0.895. The van der Waals surface area contributed by atoms with Crippen LogP contribution in [0.5, 0.6) is 0 Å². The Bertz CT molecular complexity index is 522. The van der Waals surface area contributed by atoms with E-state index in [0.717, 1.165) is 17.5 Å². The molecular formula is C15H14O2. The molecule has 17 heavy (non-hydrogen) atoms. The summed E-state index contributed by atoms with van der Waals surface area (Å²) >= 11 is 0. The molecule has 3 rings (SSSR count). The van der Waals surface area contributed by atoms with Crippen LogP contribution in [0.25, 0.3) is 11.1 Å². The third-order valence-electron chi connectivity index (χ3n) is 3.38. The SMILES string of the molecule is OCc1ccc2c(c1)Cc1cc(CO)ccc1-2. The van der Waals surface area contributed by atoms with Crippen molar-refractivity contribution in [1.29, 1.82) is 0 Å². The zero-order valence-corrected chi connectivity index (χ0v) is 9.48. The minimum atomic E-state index is 0.0888. The molecule has 1 aliphatic rings. The van der Waals surface area contributed by atoms with Crippen molar-refractivity contribution < 1.29 is 10.2 Å². The van der Waals surface area contributed by atoms with Gasteiger partial charge in [0, 0.05) is 0 Å². The van der Waals surface area contributed by atoms with E-state index in [4.69, 9.17) is 10.2 Å². The van der Waals surface area contributed by atoms with Crippen LogP contribution in [-0.2, 0) is 19.6 Å². The molecule has 0 fully saturated rings. The van der Waals surface area contributed by atoms with E-state index in [1.807, 2.05) is 12.1 Å². The molecule has 2 aromatic rings. The highest BCUT2D eigenvalue weighted by Crippen LogP contribution is 2.37. The van der Waals surface area contributed by atoms with Gasteiger partial charge in [-0.3, -0.25) is 0 Å². The van der Waals surface area contributed by atoms with E-state index in [2.05, 4.69) is 24.3 Å². The van der Waals surface area contributed by atoms with E-state index < -0.39 is 0 Å². The van der Waals surface area contributed by atoms with E-state index in [9.17, 15) is 0 Å². The Morgan fingerprint density at radius 1 is 0.765 bits per heavy atom. The van der Waals surface area contributed by atoms with Gasteiger partial charge in [-0.1, -0.05) is 36.4 Å². The molecule has 0 atom stereocenters. The van der Waals surface area contributed by atoms with E-state index in [1.54, 1.807) is 0 Å². The maximum Gasteiger partial charge on any atom is 0.0681 e. The first-order valence-corrected chi connectivity index (χ1v) is 5.77. The summed E-state index contributed by atoms with van der Waals surface area (Å²) < 4.78 is 0. The molecule has 0 aromatic heterocycles. The topological polar surface area (TPSA) is 40.5 Å². The number of fused-ring (bicyclic) bond motifs is 3. The molecule has 2 aromatic carbocycles. The van der Waals surface area contributed by atoms with Crippen molar-refractivity contribution in [3.8, 4) is 11.1 Å². The van der Waals surface area contributed by atoms with Crippen LogP contribution in [0, 0.1) is 0 Å². The molecule has 0 radical (unpaired) electrons. The van der Waals surface area contributed by atoms with Crippen molar-refractivity contribution >= 4 is 0 Å². The minimum absolute atomic E-state index is 0.0888. The minimum Gasteiger partial charge on any atom is -0.392 e. The largest absolute Gasteiger partial charge is 0.392 e. The van der Waals surface area contributed by atoms with Crippen LogP contribution >= 0.6 is 0 Å². The molecule has 0 amide bonds. The van der Waals surface area contributed by atoms with Gasteiger partial charge in [-0.2, -0.15) is 0 Å². The highest BCUT2D eigenvalue weighted by molar-refractivity contribution is 5.77. The Kier molecular flexibility index (Phi) is 2.46. The molecular weight excluding hydrogens is 212 g/mol. The number of benzene rings is 2. The van der Waals surface area contributed by atoms with Gasteiger partial charge in [0.1, 0.15) is 0 Å². The molecule has 0 saturated carbocycles. The molecule has 86 valence electrons. The number of hydrogen-bond donors (Lipinski definition) is 2. The lowest BCUT2D eigenvalue weighted by Gasteiger charge is -2.03. The van der Waals surface area contributed by atoms with Crippen LogP contribution in [0.4, 0.5) is 0 Å². The van der Waals surface area contributed by atoms with Gasteiger partial charge in [0.25, 0.3) is 0 Å². The first-order valence-electron chi connectivity index (χ1n) is 5.77. The number of aliphatic hydroxyl groups excluding tert-OH is 2. The fourth-order valence-corrected chi connectivity index (χ4v) is 2.51. The summed E-state index contributed by atoms with van der Waals surface area (Å²) in [4.78, 5) is 0. The average Bonchev–Trinajstić information content (AvgIpc) is 2.74. The van der Waals surface area contributed by atoms with Gasteiger partial charge >= 0.3 is 0 Å². The van der Waals surface area contributed by atoms with Crippen LogP contribution in [0.3, 0.4) is 0 Å². The molecule has 1 aliphatic carbocycles. The normalized spacial score (nSPS) is 12.4. The maximum absolute atomic E-state index is 9.13. The summed E-state index contributed by atoms with van der Waals surface area (Å²) in [6, 6.07) is 12.2. The van der Waals surface area contributed by atoms with Crippen molar-refractivity contribution in [2.75, 3.05) is 0 Å². The number of hydrogen-bond acceptors (Lipinski definition) is 2. The van der Waals surface area contributed by atoms with Gasteiger partial charge in [0.2, 0.25) is 0 Å². The first kappa shape index (κ1) is 10.5. The van der Waals surface area contributed by atoms with Crippen LogP contribution in [0.2, 0.25) is 0 Å². The summed E-state index contributed by atoms with van der Waals surface area (Å²) in [5, 5.41) is 18.3. The van der Waals surface area contributed by atoms with Crippen LogP contribution < -0.4 is 0 Å². The Balaban J connectivity index is 2.10. The van der Waals surface area contributed by atoms with Crippen molar-refractivity contribution in [1.82, 2.24) is 0 Å². The van der Waals surface area contributed by atoms with Crippen molar-refractivity contribution in [2.45, 2.75) is 19.6 Å². The lowest BCUT2D eigenvalue weighted by Crippen LogP contribution is -1.87. The average molecular weight is 226 g/mol. The predicted molar refractivity (Wildman–Crippen MR) is 66.5 cm³/mol. The zero-order valence-electron chi connectivity index (χ0n) is 9.48. The molecule has 2 nitrogen and oxygen atoms in total. The Hall–Kier alpha value is -1.64. The van der Waals surface area contributed by atoms with E-state index in [1.165, 1.54) is 22.3 Å². The summed E-state index contributed by atoms with van der Waals surface area (Å²) in [6.45, 7) is 0.178. The van der Waals surface area contributed by atoms with E-state index >= 15 is 0 Å². The molecule has 0 heterocycles. The molecule has 0 saturated heterocycles. The summed E-state index contributed by atoms with van der Waals surface area (Å²) in [5.41, 5.74) is 6.95. The molecule has 0 bridgehead atoms. The van der Waals surface area contributed by atoms with Gasteiger partial charge in [0.15, 0.2) is 0 Å². The smallest absolute Gasteiger partial charge is 0.0681 e. The Labute approximate surface area is 100 Å². The van der Waals surface area contributed by atoms with Crippen LogP contribution in [-0.4, -0.2) is 10.2 Å². The number of rotatable bonds is 2. The monoisotopic (exact) mass is 226 g/mol. The summed E-state index contributed by atoms with van der Waals surface area (Å²) in [7, 11) is 0. The lowest BCUT2D eigenvalue weighted by molar-refractivity contribution is 0.281. The summed E-state index contributed by atoms with van der Waals surface area (Å²) in [5.74, 6) is 0. The van der Waals surface area contributed by atoms with Gasteiger partial charge in [-0.05, 0) is 39.8 Å². The van der Waals surface area contributed by atoms with Gasteiger partial charge < -0.3 is 10.2 Å². The van der Waals surface area contributed by atoms with Gasteiger partial charge in [0.05, 0.1) is 13.2 Å². The van der Waals surface area contributed by atoms with Gasteiger partial charge in [-0.25, -0.2) is 0 Å². The fourth-order valence-electron chi connectivity index (χ4n) is 2.51. The Morgan fingerprint density at radius 2 is 1.24 bits per heavy atom. The van der Waals surface area contributed by atoms with Gasteiger partial charge in [-0.15, -0.1) is 0 Å². The molecule has 0 spiro atoms. The van der Waals surface area contributed by atoms with E-state index in [-0.39, 0.29) is 13.2 Å².